The highest BCUT2D eigenvalue weighted by atomic mass is 79.9. The summed E-state index contributed by atoms with van der Waals surface area (Å²) >= 11 is 1.75. The van der Waals surface area contributed by atoms with E-state index in [-0.39, 0.29) is 5.56 Å². The van der Waals surface area contributed by atoms with E-state index in [4.69, 9.17) is 5.11 Å². The number of para-hydroxylation sites is 1. The van der Waals surface area contributed by atoms with E-state index in [9.17, 15) is 22.4 Å². The molecule has 0 spiro atoms. The van der Waals surface area contributed by atoms with Crippen molar-refractivity contribution in [3.63, 3.8) is 0 Å². The highest BCUT2D eigenvalue weighted by molar-refractivity contribution is 9.10. The van der Waals surface area contributed by atoms with Crippen molar-refractivity contribution in [1.82, 2.24) is 0 Å². The lowest BCUT2D eigenvalue weighted by Gasteiger charge is -2.24. The molecule has 1 rings (SSSR count). The number of hydrogen-bond acceptors (Lipinski definition) is 2. The Bertz CT molecular complexity index is 471. The predicted octanol–water partition coefficient (Wildman–Crippen LogP) is 3.65. The molecule has 0 amide bonds. The van der Waals surface area contributed by atoms with E-state index in [0.29, 0.717) is 0 Å². The van der Waals surface area contributed by atoms with Gasteiger partial charge in [0.25, 0.3) is 0 Å². The van der Waals surface area contributed by atoms with Crippen molar-refractivity contribution < 1.29 is 32.2 Å². The van der Waals surface area contributed by atoms with Crippen LogP contribution in [0.15, 0.2) is 18.2 Å². The summed E-state index contributed by atoms with van der Waals surface area (Å²) in [4.78, 5) is 10.8. The first-order chi connectivity index (χ1) is 8.06. The monoisotopic (exact) mass is 330 g/mol. The second-order valence-electron chi connectivity index (χ2n) is 3.37. The van der Waals surface area contributed by atoms with Gasteiger partial charge in [-0.3, -0.25) is 0 Å². The minimum atomic E-state index is -5.34. The lowest BCUT2D eigenvalue weighted by atomic mass is 10.1. The molecule has 1 unspecified atom stereocenters. The second-order valence-corrected chi connectivity index (χ2v) is 4.39. The van der Waals surface area contributed by atoms with E-state index in [1.807, 2.05) is 0 Å². The first kappa shape index (κ1) is 14.7. The number of ether oxygens (including phenoxy) is 1. The maximum Gasteiger partial charge on any atom is 0.472 e. The van der Waals surface area contributed by atoms with E-state index in [1.165, 1.54) is 19.1 Å². The number of aromatic carboxylic acids is 1. The van der Waals surface area contributed by atoms with Crippen LogP contribution in [-0.2, 0) is 0 Å². The first-order valence-corrected chi connectivity index (χ1v) is 5.32. The molecule has 0 aliphatic heterocycles. The van der Waals surface area contributed by atoms with Gasteiger partial charge in [-0.2, -0.15) is 17.6 Å². The van der Waals surface area contributed by atoms with Gasteiger partial charge in [0, 0.05) is 15.9 Å². The summed E-state index contributed by atoms with van der Waals surface area (Å²) in [6.45, 7) is 1.31. The van der Waals surface area contributed by atoms with Gasteiger partial charge in [0.1, 0.15) is 11.3 Å². The highest BCUT2D eigenvalue weighted by Crippen LogP contribution is 2.42. The van der Waals surface area contributed by atoms with Crippen LogP contribution in [0.4, 0.5) is 17.6 Å². The molecule has 1 N–H and O–H groups in total. The van der Waals surface area contributed by atoms with Crippen molar-refractivity contribution in [3.8, 4) is 5.75 Å². The maximum atomic E-state index is 13.3. The van der Waals surface area contributed by atoms with Gasteiger partial charge >= 0.3 is 16.9 Å². The maximum absolute atomic E-state index is 13.3. The zero-order valence-corrected chi connectivity index (χ0v) is 10.5. The zero-order valence-electron chi connectivity index (χ0n) is 8.89. The van der Waals surface area contributed by atoms with Gasteiger partial charge < -0.3 is 9.84 Å². The Morgan fingerprint density at radius 1 is 1.33 bits per heavy atom. The molecule has 0 aliphatic carbocycles. The van der Waals surface area contributed by atoms with Crippen molar-refractivity contribution >= 4 is 21.9 Å². The van der Waals surface area contributed by atoms with Crippen molar-refractivity contribution in [2.24, 2.45) is 0 Å². The van der Waals surface area contributed by atoms with Gasteiger partial charge in [-0.05, 0) is 18.6 Å². The predicted molar refractivity (Wildman–Crippen MR) is 57.6 cm³/mol. The third-order valence-corrected chi connectivity index (χ3v) is 2.61. The number of carboxylic acid groups (broad SMARTS) is 1. The topological polar surface area (TPSA) is 46.5 Å². The van der Waals surface area contributed by atoms with Crippen molar-refractivity contribution in [2.75, 3.05) is 0 Å². The van der Waals surface area contributed by atoms with Crippen LogP contribution in [0, 0.1) is 6.92 Å². The number of carboxylic acids is 1. The average Bonchev–Trinajstić information content (AvgIpc) is 2.18. The van der Waals surface area contributed by atoms with Crippen LogP contribution in [0.1, 0.15) is 15.9 Å². The molecule has 0 heterocycles. The van der Waals surface area contributed by atoms with Crippen LogP contribution >= 0.6 is 15.9 Å². The molecule has 0 radical (unpaired) electrons. The van der Waals surface area contributed by atoms with Crippen molar-refractivity contribution in [2.45, 2.75) is 17.9 Å². The number of alkyl halides is 5. The summed E-state index contributed by atoms with van der Waals surface area (Å²) in [7, 11) is 0. The number of aryl methyl sites for hydroxylation is 1. The van der Waals surface area contributed by atoms with E-state index in [1.54, 1.807) is 15.9 Å². The lowest BCUT2D eigenvalue weighted by molar-refractivity contribution is -0.252. The van der Waals surface area contributed by atoms with Crippen LogP contribution < -0.4 is 4.74 Å². The molecule has 1 aromatic carbocycles. The molecule has 1 atom stereocenters. The summed E-state index contributed by atoms with van der Waals surface area (Å²) in [5.41, 5.74) is -0.485. The smallest absolute Gasteiger partial charge is 0.472 e. The summed E-state index contributed by atoms with van der Waals surface area (Å²) in [5.74, 6) is -2.19. The zero-order chi connectivity index (χ0) is 14.1. The number of hydrogen-bond donors (Lipinski definition) is 1. The Balaban J connectivity index is 3.23. The fourth-order valence-electron chi connectivity index (χ4n) is 1.14. The van der Waals surface area contributed by atoms with E-state index >= 15 is 0 Å². The molecule has 18 heavy (non-hydrogen) atoms. The van der Waals surface area contributed by atoms with Crippen LogP contribution in [0.25, 0.3) is 0 Å². The number of benzene rings is 1. The van der Waals surface area contributed by atoms with Crippen LogP contribution in [-0.4, -0.2) is 22.0 Å². The minimum Gasteiger partial charge on any atom is -0.478 e. The van der Waals surface area contributed by atoms with Gasteiger partial charge in [-0.1, -0.05) is 12.1 Å². The van der Waals surface area contributed by atoms with Crippen molar-refractivity contribution in [1.29, 1.82) is 0 Å². The van der Waals surface area contributed by atoms with Gasteiger partial charge in [0.2, 0.25) is 0 Å². The molecule has 0 saturated carbocycles. The SMILES string of the molecule is Cc1cccc(C(=O)O)c1OC(F)(Br)C(F)(F)F. The third kappa shape index (κ3) is 2.92. The third-order valence-electron chi connectivity index (χ3n) is 2.00. The van der Waals surface area contributed by atoms with Crippen molar-refractivity contribution in [3.05, 3.63) is 29.3 Å². The Labute approximate surface area is 107 Å². The molecule has 0 fully saturated rings. The average molecular weight is 331 g/mol. The summed E-state index contributed by atoms with van der Waals surface area (Å²) in [6, 6.07) is 3.64. The highest BCUT2D eigenvalue weighted by Gasteiger charge is 2.58. The quantitative estimate of drug-likeness (QED) is 0.679. The molecule has 8 heteroatoms. The van der Waals surface area contributed by atoms with E-state index in [0.717, 1.165) is 6.07 Å². The fraction of sp³-hybridized carbons (Fsp3) is 0.300. The largest absolute Gasteiger partial charge is 0.478 e. The molecule has 0 aliphatic rings. The normalized spacial score (nSPS) is 15.0. The molecule has 0 saturated heterocycles. The Hall–Kier alpha value is -1.31. The lowest BCUT2D eigenvalue weighted by Crippen LogP contribution is -2.40. The second kappa shape index (κ2) is 4.75. The molecule has 0 aromatic heterocycles. The minimum absolute atomic E-state index is 0.0700. The van der Waals surface area contributed by atoms with Gasteiger partial charge in [0.05, 0.1) is 0 Å². The van der Waals surface area contributed by atoms with Crippen LogP contribution in [0.5, 0.6) is 5.75 Å². The van der Waals surface area contributed by atoms with Crippen LogP contribution in [0.3, 0.4) is 0 Å². The molecular weight excluding hydrogens is 324 g/mol. The molecule has 3 nitrogen and oxygen atoms in total. The standard InChI is InChI=1S/C10H7BrF4O3/c1-5-3-2-4-6(8(16)17)7(5)18-9(11,12)10(13,14)15/h2-4H,1H3,(H,16,17). The fourth-order valence-corrected chi connectivity index (χ4v) is 1.30. The van der Waals surface area contributed by atoms with Crippen LogP contribution in [0.2, 0.25) is 0 Å². The summed E-state index contributed by atoms with van der Waals surface area (Å²) in [6.07, 6.45) is -5.34. The summed E-state index contributed by atoms with van der Waals surface area (Å²) < 4.78 is 50.1. The number of halogens is 5. The Morgan fingerprint density at radius 3 is 2.33 bits per heavy atom. The molecule has 100 valence electrons. The van der Waals surface area contributed by atoms with Gasteiger partial charge in [-0.15, -0.1) is 0 Å². The molecule has 0 bridgehead atoms. The summed E-state index contributed by atoms with van der Waals surface area (Å²) in [5, 5.41) is 8.79. The van der Waals surface area contributed by atoms with E-state index < -0.39 is 28.2 Å². The molecule has 1 aromatic rings. The first-order valence-electron chi connectivity index (χ1n) is 4.52. The van der Waals surface area contributed by atoms with E-state index in [2.05, 4.69) is 4.74 Å². The Morgan fingerprint density at radius 2 is 1.89 bits per heavy atom. The number of rotatable bonds is 3. The number of carbonyl (C=O) groups is 1. The Kier molecular flexibility index (Phi) is 3.89. The molecular formula is C10H7BrF4O3. The van der Waals surface area contributed by atoms with Gasteiger partial charge in [0.15, 0.2) is 0 Å². The van der Waals surface area contributed by atoms with Gasteiger partial charge in [-0.25, -0.2) is 4.79 Å².